The summed E-state index contributed by atoms with van der Waals surface area (Å²) in [6.07, 6.45) is 3.83. The molecule has 0 aromatic carbocycles. The molecule has 8 heteroatoms. The predicted octanol–water partition coefficient (Wildman–Crippen LogP) is 3.66. The summed E-state index contributed by atoms with van der Waals surface area (Å²) < 4.78 is 11.7. The van der Waals surface area contributed by atoms with Gasteiger partial charge in [-0.2, -0.15) is 0 Å². The van der Waals surface area contributed by atoms with Gasteiger partial charge in [-0.3, -0.25) is 4.79 Å². The fraction of sp³-hybridized carbons (Fsp3) is 0.700. The standard InChI is InChI=1S/C20H35N3O3S2/c1-19(2,25-14-10-20(3,4)26-15-11-21)9-13-22-17(24)8-16-27-28-18-7-5-6-12-23-18/h5-7,12H,8-11,13-16,21H2,1-4H3,(H,22,24). The SMILES string of the molecule is CC(C)(CCNC(=O)CCSSc1ccccn1)OCCC(C)(C)OCCN. The Balaban J connectivity index is 2.11. The van der Waals surface area contributed by atoms with Gasteiger partial charge in [0.15, 0.2) is 0 Å². The molecule has 1 rings (SSSR count). The summed E-state index contributed by atoms with van der Waals surface area (Å²) in [6.45, 7) is 10.5. The van der Waals surface area contributed by atoms with Crippen LogP contribution in [0.3, 0.4) is 0 Å². The molecule has 160 valence electrons. The second kappa shape index (κ2) is 13.4. The second-order valence-corrected chi connectivity index (χ2v) is 10.1. The molecule has 0 saturated heterocycles. The molecule has 0 spiro atoms. The summed E-state index contributed by atoms with van der Waals surface area (Å²) in [7, 11) is 3.24. The summed E-state index contributed by atoms with van der Waals surface area (Å²) in [6, 6.07) is 5.82. The number of nitrogens with one attached hydrogen (secondary N) is 1. The van der Waals surface area contributed by atoms with E-state index in [0.29, 0.717) is 32.7 Å². The fourth-order valence-electron chi connectivity index (χ4n) is 2.28. The average molecular weight is 430 g/mol. The Bertz CT molecular complexity index is 557. The number of aromatic nitrogens is 1. The smallest absolute Gasteiger partial charge is 0.220 e. The predicted molar refractivity (Wildman–Crippen MR) is 119 cm³/mol. The van der Waals surface area contributed by atoms with E-state index in [4.69, 9.17) is 15.2 Å². The van der Waals surface area contributed by atoms with Crippen LogP contribution in [0.2, 0.25) is 0 Å². The number of amides is 1. The van der Waals surface area contributed by atoms with E-state index >= 15 is 0 Å². The first-order chi connectivity index (χ1) is 13.2. The first-order valence-electron chi connectivity index (χ1n) is 9.69. The molecule has 1 amide bonds. The van der Waals surface area contributed by atoms with Crippen LogP contribution in [0.4, 0.5) is 0 Å². The number of hydrogen-bond donors (Lipinski definition) is 2. The van der Waals surface area contributed by atoms with E-state index in [1.54, 1.807) is 27.8 Å². The van der Waals surface area contributed by atoms with Crippen molar-refractivity contribution in [2.24, 2.45) is 5.73 Å². The number of carbonyl (C=O) groups excluding carboxylic acids is 1. The van der Waals surface area contributed by atoms with Crippen molar-refractivity contribution in [2.75, 3.05) is 32.1 Å². The zero-order valence-corrected chi connectivity index (χ0v) is 19.2. The van der Waals surface area contributed by atoms with Gasteiger partial charge in [-0.05, 0) is 63.5 Å². The van der Waals surface area contributed by atoms with Crippen LogP contribution in [-0.4, -0.2) is 54.1 Å². The van der Waals surface area contributed by atoms with Crippen molar-refractivity contribution < 1.29 is 14.3 Å². The summed E-state index contributed by atoms with van der Waals surface area (Å²) in [4.78, 5) is 16.2. The topological polar surface area (TPSA) is 86.5 Å². The molecule has 0 aliphatic carbocycles. The molecule has 28 heavy (non-hydrogen) atoms. The minimum absolute atomic E-state index is 0.0706. The third-order valence-electron chi connectivity index (χ3n) is 4.05. The van der Waals surface area contributed by atoms with Gasteiger partial charge in [0.1, 0.15) is 5.03 Å². The third kappa shape index (κ3) is 12.6. The first kappa shape index (κ1) is 25.2. The molecule has 1 aromatic rings. The minimum Gasteiger partial charge on any atom is -0.375 e. The largest absolute Gasteiger partial charge is 0.375 e. The Morgan fingerprint density at radius 2 is 1.86 bits per heavy atom. The van der Waals surface area contributed by atoms with E-state index in [1.807, 2.05) is 45.9 Å². The zero-order valence-electron chi connectivity index (χ0n) is 17.5. The van der Waals surface area contributed by atoms with Crippen LogP contribution in [0.15, 0.2) is 29.4 Å². The van der Waals surface area contributed by atoms with Crippen molar-refractivity contribution >= 4 is 27.5 Å². The molecule has 0 atom stereocenters. The van der Waals surface area contributed by atoms with Gasteiger partial charge in [0.2, 0.25) is 5.91 Å². The maximum atomic E-state index is 12.0. The van der Waals surface area contributed by atoms with Gasteiger partial charge >= 0.3 is 0 Å². The van der Waals surface area contributed by atoms with Gasteiger partial charge in [-0.15, -0.1) is 0 Å². The number of hydrogen-bond acceptors (Lipinski definition) is 7. The second-order valence-electron chi connectivity index (χ2n) is 7.68. The Kier molecular flexibility index (Phi) is 12.1. The molecule has 1 heterocycles. The zero-order chi connectivity index (χ0) is 20.9. The first-order valence-corrected chi connectivity index (χ1v) is 12.0. The lowest BCUT2D eigenvalue weighted by Crippen LogP contribution is -2.35. The Morgan fingerprint density at radius 3 is 2.54 bits per heavy atom. The molecule has 0 bridgehead atoms. The number of carbonyl (C=O) groups is 1. The van der Waals surface area contributed by atoms with Crippen LogP contribution in [-0.2, 0) is 14.3 Å². The molecule has 0 fully saturated rings. The molecule has 6 nitrogen and oxygen atoms in total. The van der Waals surface area contributed by atoms with Crippen LogP contribution in [0.25, 0.3) is 0 Å². The summed E-state index contributed by atoms with van der Waals surface area (Å²) >= 11 is 0. The lowest BCUT2D eigenvalue weighted by atomic mass is 10.0. The van der Waals surface area contributed by atoms with Crippen LogP contribution in [0.5, 0.6) is 0 Å². The molecule has 0 radical (unpaired) electrons. The maximum absolute atomic E-state index is 12.0. The van der Waals surface area contributed by atoms with Gasteiger partial charge < -0.3 is 20.5 Å². The molecular weight excluding hydrogens is 394 g/mol. The number of rotatable bonds is 15. The monoisotopic (exact) mass is 429 g/mol. The molecule has 3 N–H and O–H groups in total. The molecule has 1 aromatic heterocycles. The molecule has 0 unspecified atom stereocenters. The van der Waals surface area contributed by atoms with E-state index in [1.165, 1.54) is 0 Å². The van der Waals surface area contributed by atoms with Gasteiger partial charge in [0, 0.05) is 31.5 Å². The van der Waals surface area contributed by atoms with E-state index in [-0.39, 0.29) is 17.1 Å². The van der Waals surface area contributed by atoms with E-state index in [9.17, 15) is 4.79 Å². The highest BCUT2D eigenvalue weighted by atomic mass is 33.1. The van der Waals surface area contributed by atoms with Crippen molar-refractivity contribution in [1.29, 1.82) is 0 Å². The quantitative estimate of drug-likeness (QED) is 0.325. The van der Waals surface area contributed by atoms with E-state index in [0.717, 1.165) is 23.6 Å². The van der Waals surface area contributed by atoms with Crippen molar-refractivity contribution in [1.82, 2.24) is 10.3 Å². The number of nitrogens with two attached hydrogens (primary N) is 1. The normalized spacial score (nSPS) is 12.2. The number of ether oxygens (including phenoxy) is 2. The Morgan fingerprint density at radius 1 is 1.14 bits per heavy atom. The molecule has 0 aliphatic rings. The van der Waals surface area contributed by atoms with E-state index < -0.39 is 0 Å². The van der Waals surface area contributed by atoms with Crippen molar-refractivity contribution in [3.63, 3.8) is 0 Å². The molecular formula is C20H35N3O3S2. The van der Waals surface area contributed by atoms with Crippen molar-refractivity contribution in [2.45, 2.75) is 63.2 Å². The lowest BCUT2D eigenvalue weighted by Gasteiger charge is -2.29. The van der Waals surface area contributed by atoms with Gasteiger partial charge in [0.25, 0.3) is 0 Å². The van der Waals surface area contributed by atoms with Crippen molar-refractivity contribution in [3.05, 3.63) is 24.4 Å². The third-order valence-corrected chi connectivity index (χ3v) is 6.32. The minimum atomic E-state index is -0.291. The van der Waals surface area contributed by atoms with Gasteiger partial charge in [0.05, 0.1) is 24.4 Å². The number of pyridine rings is 1. The highest BCUT2D eigenvalue weighted by Crippen LogP contribution is 2.29. The molecule has 0 aliphatic heterocycles. The fourth-order valence-corrected chi connectivity index (χ4v) is 4.15. The molecule has 0 saturated carbocycles. The van der Waals surface area contributed by atoms with Gasteiger partial charge in [-0.25, -0.2) is 4.98 Å². The van der Waals surface area contributed by atoms with Gasteiger partial charge in [-0.1, -0.05) is 16.9 Å². The summed E-state index contributed by atoms with van der Waals surface area (Å²) in [5, 5.41) is 3.94. The maximum Gasteiger partial charge on any atom is 0.220 e. The van der Waals surface area contributed by atoms with E-state index in [2.05, 4.69) is 10.3 Å². The highest BCUT2D eigenvalue weighted by molar-refractivity contribution is 8.76. The van der Waals surface area contributed by atoms with Crippen LogP contribution in [0, 0.1) is 0 Å². The Hall–Kier alpha value is -0.800. The van der Waals surface area contributed by atoms with Crippen molar-refractivity contribution in [3.8, 4) is 0 Å². The average Bonchev–Trinajstić information content (AvgIpc) is 2.64. The number of nitrogens with zero attached hydrogens (tertiary/aromatic N) is 1. The van der Waals surface area contributed by atoms with Crippen LogP contribution in [0.1, 0.15) is 47.0 Å². The summed E-state index contributed by atoms with van der Waals surface area (Å²) in [5.74, 6) is 0.825. The lowest BCUT2D eigenvalue weighted by molar-refractivity contribution is -0.121. The highest BCUT2D eigenvalue weighted by Gasteiger charge is 2.22. The summed E-state index contributed by atoms with van der Waals surface area (Å²) in [5.41, 5.74) is 4.95. The Labute approximate surface area is 177 Å². The van der Waals surface area contributed by atoms with Crippen LogP contribution >= 0.6 is 21.6 Å². The van der Waals surface area contributed by atoms with Crippen LogP contribution < -0.4 is 11.1 Å².